The summed E-state index contributed by atoms with van der Waals surface area (Å²) in [5.74, 6) is -0.749. The molecule has 0 heterocycles. The van der Waals surface area contributed by atoms with Gasteiger partial charge in [-0.2, -0.15) is 5.26 Å². The Labute approximate surface area is 188 Å². The van der Waals surface area contributed by atoms with Crippen molar-refractivity contribution >= 4 is 29.2 Å². The van der Waals surface area contributed by atoms with E-state index in [0.29, 0.717) is 19.7 Å². The maximum absolute atomic E-state index is 12.2. The number of carbonyl (C=O) groups excluding carboxylic acids is 2. The molecule has 0 aliphatic heterocycles. The van der Waals surface area contributed by atoms with Crippen molar-refractivity contribution in [2.24, 2.45) is 0 Å². The fourth-order valence-electron chi connectivity index (χ4n) is 2.90. The fourth-order valence-corrected chi connectivity index (χ4v) is 3.17. The molecule has 0 spiro atoms. The van der Waals surface area contributed by atoms with Crippen LogP contribution in [0.5, 0.6) is 0 Å². The highest BCUT2D eigenvalue weighted by Gasteiger charge is 2.14. The van der Waals surface area contributed by atoms with Crippen LogP contribution in [0.3, 0.4) is 0 Å². The normalized spacial score (nSPS) is 10.0. The third-order valence-corrected chi connectivity index (χ3v) is 4.88. The molecule has 0 aliphatic carbocycles. The third kappa shape index (κ3) is 9.87. The summed E-state index contributed by atoms with van der Waals surface area (Å²) in [6.07, 6.45) is 1.85. The lowest BCUT2D eigenvalue weighted by Gasteiger charge is -2.24. The SMILES string of the molecule is N#CCCN(Cc1ccccc1)C(=S)NC(=O)CCC(=O)OCCCc1ccccc1. The lowest BCUT2D eigenvalue weighted by molar-refractivity contribution is -0.145. The van der Waals surface area contributed by atoms with Gasteiger partial charge in [0.05, 0.1) is 25.5 Å². The number of nitrogens with one attached hydrogen (secondary N) is 1. The first-order chi connectivity index (χ1) is 15.1. The number of carbonyl (C=O) groups is 2. The lowest BCUT2D eigenvalue weighted by Crippen LogP contribution is -2.42. The highest BCUT2D eigenvalue weighted by Crippen LogP contribution is 2.07. The average molecular weight is 438 g/mol. The Kier molecular flexibility index (Phi) is 10.8. The maximum Gasteiger partial charge on any atom is 0.306 e. The monoisotopic (exact) mass is 437 g/mol. The van der Waals surface area contributed by atoms with Crippen molar-refractivity contribution in [1.82, 2.24) is 10.2 Å². The van der Waals surface area contributed by atoms with Gasteiger partial charge in [0.2, 0.25) is 5.91 Å². The molecular formula is C24H27N3O3S. The number of thiocarbonyl (C=S) groups is 1. The summed E-state index contributed by atoms with van der Waals surface area (Å²) in [4.78, 5) is 25.9. The van der Waals surface area contributed by atoms with Gasteiger partial charge in [-0.15, -0.1) is 0 Å². The van der Waals surface area contributed by atoms with Gasteiger partial charge in [0.25, 0.3) is 0 Å². The molecule has 0 bridgehead atoms. The molecule has 0 fully saturated rings. The van der Waals surface area contributed by atoms with Gasteiger partial charge >= 0.3 is 5.97 Å². The van der Waals surface area contributed by atoms with Gasteiger partial charge in [-0.1, -0.05) is 60.7 Å². The van der Waals surface area contributed by atoms with E-state index in [9.17, 15) is 9.59 Å². The van der Waals surface area contributed by atoms with Gasteiger partial charge < -0.3 is 15.0 Å². The van der Waals surface area contributed by atoms with E-state index in [4.69, 9.17) is 22.2 Å². The standard InChI is InChI=1S/C24H27N3O3S/c25-16-8-17-27(19-21-11-5-2-6-12-21)24(31)26-22(28)14-15-23(29)30-18-7-13-20-9-3-1-4-10-20/h1-6,9-12H,7-8,13-15,17-19H2,(H,26,28,31). The van der Waals surface area contributed by atoms with Gasteiger partial charge in [0.15, 0.2) is 5.11 Å². The summed E-state index contributed by atoms with van der Waals surface area (Å²) in [6, 6.07) is 21.8. The summed E-state index contributed by atoms with van der Waals surface area (Å²) >= 11 is 5.34. The number of rotatable bonds is 11. The minimum absolute atomic E-state index is 0.00331. The smallest absolute Gasteiger partial charge is 0.306 e. The van der Waals surface area contributed by atoms with Crippen molar-refractivity contribution < 1.29 is 14.3 Å². The first-order valence-corrected chi connectivity index (χ1v) is 10.7. The van der Waals surface area contributed by atoms with Crippen molar-refractivity contribution in [3.05, 3.63) is 71.8 Å². The van der Waals surface area contributed by atoms with Crippen LogP contribution in [0.1, 0.15) is 36.8 Å². The molecule has 162 valence electrons. The van der Waals surface area contributed by atoms with Crippen LogP contribution in [-0.4, -0.2) is 35.0 Å². The van der Waals surface area contributed by atoms with Crippen LogP contribution in [0.4, 0.5) is 0 Å². The number of hydrogen-bond acceptors (Lipinski definition) is 5. The molecule has 0 aliphatic rings. The number of nitriles is 1. The molecule has 1 amide bonds. The van der Waals surface area contributed by atoms with Crippen molar-refractivity contribution in [2.75, 3.05) is 13.2 Å². The molecule has 1 N–H and O–H groups in total. The van der Waals surface area contributed by atoms with Crippen LogP contribution < -0.4 is 5.32 Å². The molecule has 0 unspecified atom stereocenters. The van der Waals surface area contributed by atoms with Crippen LogP contribution in [0.25, 0.3) is 0 Å². The van der Waals surface area contributed by atoms with Crippen molar-refractivity contribution in [2.45, 2.75) is 38.6 Å². The summed E-state index contributed by atoms with van der Waals surface area (Å²) < 4.78 is 5.20. The molecular weight excluding hydrogens is 410 g/mol. The Hall–Kier alpha value is -3.24. The topological polar surface area (TPSA) is 82.4 Å². The molecule has 0 saturated heterocycles. The van der Waals surface area contributed by atoms with E-state index < -0.39 is 5.97 Å². The Morgan fingerprint density at radius 2 is 1.65 bits per heavy atom. The molecule has 31 heavy (non-hydrogen) atoms. The van der Waals surface area contributed by atoms with E-state index in [0.717, 1.165) is 18.4 Å². The molecule has 0 saturated carbocycles. The predicted octanol–water partition coefficient (Wildman–Crippen LogP) is 3.76. The van der Waals surface area contributed by atoms with Crippen molar-refractivity contribution in [3.63, 3.8) is 0 Å². The van der Waals surface area contributed by atoms with Gasteiger partial charge in [-0.3, -0.25) is 9.59 Å². The van der Waals surface area contributed by atoms with Crippen LogP contribution >= 0.6 is 12.2 Å². The second kappa shape index (κ2) is 13.9. The first-order valence-electron chi connectivity index (χ1n) is 10.3. The quantitative estimate of drug-likeness (QED) is 0.327. The number of ether oxygens (including phenoxy) is 1. The van der Waals surface area contributed by atoms with E-state index >= 15 is 0 Å². The summed E-state index contributed by atoms with van der Waals surface area (Å²) in [6.45, 7) is 1.23. The van der Waals surface area contributed by atoms with Gasteiger partial charge in [0.1, 0.15) is 0 Å². The zero-order valence-corrected chi connectivity index (χ0v) is 18.3. The first kappa shape index (κ1) is 24.0. The van der Waals surface area contributed by atoms with Crippen LogP contribution in [0.2, 0.25) is 0 Å². The van der Waals surface area contributed by atoms with Crippen molar-refractivity contribution in [1.29, 1.82) is 5.26 Å². The van der Waals surface area contributed by atoms with Gasteiger partial charge in [-0.05, 0) is 36.2 Å². The highest BCUT2D eigenvalue weighted by molar-refractivity contribution is 7.80. The van der Waals surface area contributed by atoms with Crippen LogP contribution in [-0.2, 0) is 27.3 Å². The van der Waals surface area contributed by atoms with E-state index in [1.54, 1.807) is 4.90 Å². The average Bonchev–Trinajstić information content (AvgIpc) is 2.79. The molecule has 0 radical (unpaired) electrons. The van der Waals surface area contributed by atoms with E-state index in [2.05, 4.69) is 11.4 Å². The third-order valence-electron chi connectivity index (χ3n) is 4.52. The number of nitrogens with zero attached hydrogens (tertiary/aromatic N) is 2. The molecule has 0 aromatic heterocycles. The molecule has 2 aromatic rings. The number of benzene rings is 2. The van der Waals surface area contributed by atoms with E-state index in [-0.39, 0.29) is 30.3 Å². The van der Waals surface area contributed by atoms with E-state index in [1.807, 2.05) is 60.7 Å². The maximum atomic E-state index is 12.2. The number of hydrogen-bond donors (Lipinski definition) is 1. The van der Waals surface area contributed by atoms with Gasteiger partial charge in [-0.25, -0.2) is 0 Å². The Balaban J connectivity index is 1.69. The molecule has 0 atom stereocenters. The Morgan fingerprint density at radius 1 is 1.00 bits per heavy atom. The molecule has 7 heteroatoms. The molecule has 2 rings (SSSR count). The Morgan fingerprint density at radius 3 is 2.29 bits per heavy atom. The predicted molar refractivity (Wildman–Crippen MR) is 123 cm³/mol. The van der Waals surface area contributed by atoms with Crippen molar-refractivity contribution in [3.8, 4) is 6.07 Å². The fraction of sp³-hybridized carbons (Fsp3) is 0.333. The van der Waals surface area contributed by atoms with Gasteiger partial charge in [0, 0.05) is 19.5 Å². The molecule has 2 aromatic carbocycles. The zero-order valence-electron chi connectivity index (χ0n) is 17.5. The second-order valence-electron chi connectivity index (χ2n) is 6.98. The van der Waals surface area contributed by atoms with Crippen LogP contribution in [0, 0.1) is 11.3 Å². The highest BCUT2D eigenvalue weighted by atomic mass is 32.1. The number of aryl methyl sites for hydroxylation is 1. The summed E-state index contributed by atoms with van der Waals surface area (Å²) in [5, 5.41) is 11.8. The Bertz CT molecular complexity index is 882. The van der Waals surface area contributed by atoms with Crippen LogP contribution in [0.15, 0.2) is 60.7 Å². The second-order valence-corrected chi connectivity index (χ2v) is 7.36. The lowest BCUT2D eigenvalue weighted by atomic mass is 10.1. The summed E-state index contributed by atoms with van der Waals surface area (Å²) in [7, 11) is 0. The van der Waals surface area contributed by atoms with E-state index in [1.165, 1.54) is 5.56 Å². The number of amides is 1. The largest absolute Gasteiger partial charge is 0.466 e. The summed E-state index contributed by atoms with van der Waals surface area (Å²) in [5.41, 5.74) is 2.22. The number of esters is 1. The minimum Gasteiger partial charge on any atom is -0.466 e. The zero-order chi connectivity index (χ0) is 22.3. The molecule has 6 nitrogen and oxygen atoms in total. The minimum atomic E-state index is -0.403.